The lowest BCUT2D eigenvalue weighted by Crippen LogP contribution is -2.40. The standard InChI is InChI=1S/C23H25ClFN3O4S/c1-23(2)17-13-16(33(31,32)27-10-4-3-5-11-27)7-9-20(17)28(22(23)30)14-21(29)26-15-6-8-19(25)18(24)12-15/h6-9,12-13H,3-5,10-11,14H2,1-2H3,(H,26,29). The Hall–Kier alpha value is -2.49. The summed E-state index contributed by atoms with van der Waals surface area (Å²) in [6.45, 7) is 4.12. The number of hydrogen-bond donors (Lipinski definition) is 1. The largest absolute Gasteiger partial charge is 0.324 e. The maximum Gasteiger partial charge on any atom is 0.244 e. The van der Waals surface area contributed by atoms with Crippen molar-refractivity contribution < 1.29 is 22.4 Å². The molecule has 2 aromatic rings. The summed E-state index contributed by atoms with van der Waals surface area (Å²) in [5.41, 5.74) is 0.362. The Morgan fingerprint density at radius 2 is 1.82 bits per heavy atom. The molecule has 0 bridgehead atoms. The second kappa shape index (κ2) is 8.70. The van der Waals surface area contributed by atoms with E-state index in [1.807, 2.05) is 0 Å². The van der Waals surface area contributed by atoms with Crippen LogP contribution in [0.4, 0.5) is 15.8 Å². The van der Waals surface area contributed by atoms with E-state index in [9.17, 15) is 22.4 Å². The molecule has 176 valence electrons. The number of halogens is 2. The summed E-state index contributed by atoms with van der Waals surface area (Å²) >= 11 is 5.76. The quantitative estimate of drug-likeness (QED) is 0.684. The van der Waals surface area contributed by atoms with Crippen LogP contribution in [0.3, 0.4) is 0 Å². The van der Waals surface area contributed by atoms with Gasteiger partial charge in [-0.05, 0) is 68.7 Å². The fourth-order valence-electron chi connectivity index (χ4n) is 4.30. The molecule has 1 N–H and O–H groups in total. The molecule has 2 aliphatic rings. The number of rotatable bonds is 5. The third kappa shape index (κ3) is 4.37. The molecule has 10 heteroatoms. The van der Waals surface area contributed by atoms with Gasteiger partial charge < -0.3 is 10.2 Å². The van der Waals surface area contributed by atoms with Gasteiger partial charge >= 0.3 is 0 Å². The molecule has 1 saturated heterocycles. The van der Waals surface area contributed by atoms with Gasteiger partial charge in [-0.1, -0.05) is 18.0 Å². The molecule has 2 aromatic carbocycles. The molecule has 0 unspecified atom stereocenters. The molecule has 0 saturated carbocycles. The van der Waals surface area contributed by atoms with Crippen molar-refractivity contribution in [1.82, 2.24) is 4.31 Å². The van der Waals surface area contributed by atoms with E-state index in [0.29, 0.717) is 30.0 Å². The van der Waals surface area contributed by atoms with Crippen LogP contribution in [-0.4, -0.2) is 44.2 Å². The van der Waals surface area contributed by atoms with Crippen molar-refractivity contribution >= 4 is 44.8 Å². The van der Waals surface area contributed by atoms with Crippen molar-refractivity contribution in [3.05, 3.63) is 52.8 Å². The molecule has 1 fully saturated rings. The summed E-state index contributed by atoms with van der Waals surface area (Å²) in [7, 11) is -3.66. The predicted octanol–water partition coefficient (Wildman–Crippen LogP) is 3.92. The second-order valence-electron chi connectivity index (χ2n) is 8.84. The van der Waals surface area contributed by atoms with Gasteiger partial charge in [0, 0.05) is 24.5 Å². The van der Waals surface area contributed by atoms with Gasteiger partial charge in [-0.25, -0.2) is 12.8 Å². The van der Waals surface area contributed by atoms with Crippen LogP contribution in [0, 0.1) is 5.82 Å². The molecule has 0 spiro atoms. The van der Waals surface area contributed by atoms with Crippen LogP contribution >= 0.6 is 11.6 Å². The number of piperidine rings is 1. The van der Waals surface area contributed by atoms with Crippen molar-refractivity contribution in [2.75, 3.05) is 29.9 Å². The Morgan fingerprint density at radius 3 is 2.48 bits per heavy atom. The minimum atomic E-state index is -3.66. The third-order valence-electron chi connectivity index (χ3n) is 6.17. The van der Waals surface area contributed by atoms with Crippen LogP contribution in [0.1, 0.15) is 38.7 Å². The molecule has 2 heterocycles. The number of anilines is 2. The molecule has 2 aliphatic heterocycles. The molecule has 2 amide bonds. The minimum absolute atomic E-state index is 0.126. The van der Waals surface area contributed by atoms with Crippen LogP contribution < -0.4 is 10.2 Å². The minimum Gasteiger partial charge on any atom is -0.324 e. The SMILES string of the molecule is CC1(C)C(=O)N(CC(=O)Nc2ccc(F)c(Cl)c2)c2ccc(S(=O)(=O)N3CCCCC3)cc21. The zero-order valence-electron chi connectivity index (χ0n) is 18.4. The van der Waals surface area contributed by atoms with E-state index in [0.717, 1.165) is 25.3 Å². The summed E-state index contributed by atoms with van der Waals surface area (Å²) in [6.07, 6.45) is 2.67. The Kier molecular flexibility index (Phi) is 6.24. The molecule has 33 heavy (non-hydrogen) atoms. The van der Waals surface area contributed by atoms with Gasteiger partial charge in [0.15, 0.2) is 0 Å². The number of carbonyl (C=O) groups is 2. The molecule has 0 aliphatic carbocycles. The number of carbonyl (C=O) groups excluding carboxylic acids is 2. The Bertz CT molecular complexity index is 1230. The maximum atomic E-state index is 13.4. The molecule has 7 nitrogen and oxygen atoms in total. The highest BCUT2D eigenvalue weighted by Gasteiger charge is 2.45. The second-order valence-corrected chi connectivity index (χ2v) is 11.2. The van der Waals surface area contributed by atoms with E-state index in [-0.39, 0.29) is 22.4 Å². The van der Waals surface area contributed by atoms with Crippen LogP contribution in [0.25, 0.3) is 0 Å². The van der Waals surface area contributed by atoms with Gasteiger partial charge in [-0.2, -0.15) is 4.31 Å². The van der Waals surface area contributed by atoms with E-state index in [2.05, 4.69) is 5.32 Å². The first-order valence-electron chi connectivity index (χ1n) is 10.7. The molecular formula is C23H25ClFN3O4S. The number of amides is 2. The van der Waals surface area contributed by atoms with Crippen LogP contribution in [0.15, 0.2) is 41.3 Å². The number of benzene rings is 2. The monoisotopic (exact) mass is 493 g/mol. The van der Waals surface area contributed by atoms with Crippen LogP contribution in [0.5, 0.6) is 0 Å². The van der Waals surface area contributed by atoms with Crippen LogP contribution in [0.2, 0.25) is 5.02 Å². The highest BCUT2D eigenvalue weighted by atomic mass is 35.5. The lowest BCUT2D eigenvalue weighted by atomic mass is 9.86. The number of nitrogens with zero attached hydrogens (tertiary/aromatic N) is 2. The fraction of sp³-hybridized carbons (Fsp3) is 0.391. The Labute approximate surface area is 197 Å². The molecule has 0 atom stereocenters. The summed E-state index contributed by atoms with van der Waals surface area (Å²) in [6, 6.07) is 8.43. The zero-order valence-corrected chi connectivity index (χ0v) is 20.0. The smallest absolute Gasteiger partial charge is 0.244 e. The fourth-order valence-corrected chi connectivity index (χ4v) is 6.03. The zero-order chi connectivity index (χ0) is 24.0. The first-order chi connectivity index (χ1) is 15.5. The Morgan fingerprint density at radius 1 is 1.12 bits per heavy atom. The Balaban J connectivity index is 1.59. The van der Waals surface area contributed by atoms with Crippen molar-refractivity contribution in [2.24, 2.45) is 0 Å². The van der Waals surface area contributed by atoms with E-state index in [1.165, 1.54) is 27.4 Å². The van der Waals surface area contributed by atoms with Crippen molar-refractivity contribution in [2.45, 2.75) is 43.4 Å². The third-order valence-corrected chi connectivity index (χ3v) is 8.35. The summed E-state index contributed by atoms with van der Waals surface area (Å²) < 4.78 is 41.1. The number of fused-ring (bicyclic) bond motifs is 1. The highest BCUT2D eigenvalue weighted by Crippen LogP contribution is 2.43. The normalized spacial score (nSPS) is 18.3. The number of sulfonamides is 1. The topological polar surface area (TPSA) is 86.8 Å². The van der Waals surface area contributed by atoms with Gasteiger partial charge in [0.2, 0.25) is 21.8 Å². The molecule has 0 aromatic heterocycles. The highest BCUT2D eigenvalue weighted by molar-refractivity contribution is 7.89. The van der Waals surface area contributed by atoms with E-state index in [4.69, 9.17) is 11.6 Å². The van der Waals surface area contributed by atoms with Crippen molar-refractivity contribution in [3.63, 3.8) is 0 Å². The lowest BCUT2D eigenvalue weighted by Gasteiger charge is -2.26. The van der Waals surface area contributed by atoms with Gasteiger partial charge in [-0.15, -0.1) is 0 Å². The number of nitrogens with one attached hydrogen (secondary N) is 1. The number of hydrogen-bond acceptors (Lipinski definition) is 4. The van der Waals surface area contributed by atoms with Crippen LogP contribution in [-0.2, 0) is 25.0 Å². The summed E-state index contributed by atoms with van der Waals surface area (Å²) in [4.78, 5) is 27.3. The average Bonchev–Trinajstić information content (AvgIpc) is 2.97. The van der Waals surface area contributed by atoms with Crippen molar-refractivity contribution in [1.29, 1.82) is 0 Å². The molecule has 0 radical (unpaired) electrons. The van der Waals surface area contributed by atoms with Crippen molar-refractivity contribution in [3.8, 4) is 0 Å². The van der Waals surface area contributed by atoms with E-state index < -0.39 is 27.2 Å². The predicted molar refractivity (Wildman–Crippen MR) is 124 cm³/mol. The molecular weight excluding hydrogens is 469 g/mol. The molecule has 4 rings (SSSR count). The van der Waals surface area contributed by atoms with E-state index in [1.54, 1.807) is 26.0 Å². The van der Waals surface area contributed by atoms with Gasteiger partial charge in [0.25, 0.3) is 0 Å². The first kappa shape index (κ1) is 23.7. The summed E-state index contributed by atoms with van der Waals surface area (Å²) in [5.74, 6) is -1.40. The lowest BCUT2D eigenvalue weighted by molar-refractivity contribution is -0.124. The average molecular weight is 494 g/mol. The summed E-state index contributed by atoms with van der Waals surface area (Å²) in [5, 5.41) is 2.48. The first-order valence-corrected chi connectivity index (χ1v) is 12.5. The van der Waals surface area contributed by atoms with E-state index >= 15 is 0 Å². The van der Waals surface area contributed by atoms with Gasteiger partial charge in [0.05, 0.1) is 15.3 Å². The van der Waals surface area contributed by atoms with Gasteiger partial charge in [-0.3, -0.25) is 9.59 Å². The van der Waals surface area contributed by atoms with Gasteiger partial charge in [0.1, 0.15) is 12.4 Å². The maximum absolute atomic E-state index is 13.4.